The van der Waals surface area contributed by atoms with Gasteiger partial charge in [-0.25, -0.2) is 4.98 Å². The van der Waals surface area contributed by atoms with Gasteiger partial charge in [0.25, 0.3) is 0 Å². The van der Waals surface area contributed by atoms with Crippen molar-refractivity contribution in [2.45, 2.75) is 82.8 Å². The fourth-order valence-corrected chi connectivity index (χ4v) is 8.84. The van der Waals surface area contributed by atoms with Crippen molar-refractivity contribution in [1.82, 2.24) is 4.98 Å². The molecule has 2 aromatic rings. The zero-order valence-electron chi connectivity index (χ0n) is 21.5. The maximum absolute atomic E-state index is 12.8. The van der Waals surface area contributed by atoms with Crippen LogP contribution in [0.2, 0.25) is 0 Å². The van der Waals surface area contributed by atoms with Gasteiger partial charge in [-0.1, -0.05) is 13.0 Å². The zero-order valence-corrected chi connectivity index (χ0v) is 22.3. The summed E-state index contributed by atoms with van der Waals surface area (Å²) in [5, 5.41) is 15.8. The number of aliphatic hydroxyl groups is 1. The van der Waals surface area contributed by atoms with Crippen LogP contribution in [0.25, 0.3) is 0 Å². The molecular weight excluding hydrogens is 470 g/mol. The van der Waals surface area contributed by atoms with Gasteiger partial charge in [-0.15, -0.1) is 11.3 Å². The van der Waals surface area contributed by atoms with Gasteiger partial charge in [-0.2, -0.15) is 0 Å². The number of hydrogen-bond acceptors (Lipinski definition) is 6. The number of methoxy groups -OCH3 is 1. The van der Waals surface area contributed by atoms with Crippen molar-refractivity contribution in [2.24, 2.45) is 28.2 Å². The summed E-state index contributed by atoms with van der Waals surface area (Å²) in [7, 11) is 1.73. The number of carbonyl (C=O) groups excluding carboxylic acids is 1. The van der Waals surface area contributed by atoms with Gasteiger partial charge in [0.15, 0.2) is 5.13 Å². The molecule has 1 aromatic carbocycles. The van der Waals surface area contributed by atoms with E-state index < -0.39 is 5.60 Å². The number of hydrogen-bond donors (Lipinski definition) is 2. The molecule has 4 aliphatic rings. The van der Waals surface area contributed by atoms with E-state index in [1.54, 1.807) is 13.3 Å². The minimum atomic E-state index is -0.725. The number of rotatable bonds is 7. The molecule has 0 saturated heterocycles. The molecule has 36 heavy (non-hydrogen) atoms. The van der Waals surface area contributed by atoms with Gasteiger partial charge in [0.05, 0.1) is 18.8 Å². The number of aliphatic imine (C=N–C) groups is 1. The molecule has 2 heterocycles. The Morgan fingerprint density at radius 2 is 2.17 bits per heavy atom. The Labute approximate surface area is 217 Å². The number of amides is 1. The summed E-state index contributed by atoms with van der Waals surface area (Å²) < 4.78 is 5.50. The lowest BCUT2D eigenvalue weighted by Crippen LogP contribution is -2.51. The first-order valence-electron chi connectivity index (χ1n) is 13.4. The number of aromatic nitrogens is 1. The van der Waals surface area contributed by atoms with Crippen LogP contribution in [0.5, 0.6) is 5.75 Å². The van der Waals surface area contributed by atoms with Crippen molar-refractivity contribution in [3.05, 3.63) is 40.4 Å². The van der Waals surface area contributed by atoms with Crippen LogP contribution in [-0.2, 0) is 11.2 Å². The molecule has 2 fully saturated rings. The van der Waals surface area contributed by atoms with Crippen molar-refractivity contribution in [3.8, 4) is 5.75 Å². The Bertz CT molecular complexity index is 1190. The lowest BCUT2D eigenvalue weighted by Gasteiger charge is -2.54. The summed E-state index contributed by atoms with van der Waals surface area (Å²) in [6, 6.07) is 6.80. The van der Waals surface area contributed by atoms with E-state index in [1.807, 2.05) is 13.1 Å². The van der Waals surface area contributed by atoms with Crippen molar-refractivity contribution in [3.63, 3.8) is 0 Å². The average molecular weight is 508 g/mol. The topological polar surface area (TPSA) is 83.8 Å². The van der Waals surface area contributed by atoms with Gasteiger partial charge in [0.1, 0.15) is 5.75 Å². The number of thiazole rings is 1. The fraction of sp³-hybridized carbons (Fsp3) is 0.621. The number of benzene rings is 1. The zero-order chi connectivity index (χ0) is 25.1. The number of ether oxygens (including phenoxy) is 1. The third kappa shape index (κ3) is 4.08. The second kappa shape index (κ2) is 8.95. The van der Waals surface area contributed by atoms with E-state index in [4.69, 9.17) is 4.74 Å². The molecular formula is C29H37N3O3S. The van der Waals surface area contributed by atoms with E-state index >= 15 is 0 Å². The first-order valence-corrected chi connectivity index (χ1v) is 14.3. The third-order valence-electron chi connectivity index (χ3n) is 9.87. The lowest BCUT2D eigenvalue weighted by atomic mass is 9.51. The molecule has 0 bridgehead atoms. The Morgan fingerprint density at radius 1 is 1.33 bits per heavy atom. The van der Waals surface area contributed by atoms with E-state index in [-0.39, 0.29) is 17.4 Å². The molecule has 1 aromatic heterocycles. The maximum Gasteiger partial charge on any atom is 0.226 e. The van der Waals surface area contributed by atoms with Gasteiger partial charge >= 0.3 is 0 Å². The minimum absolute atomic E-state index is 0.0282. The fourth-order valence-electron chi connectivity index (χ4n) is 8.16. The number of anilines is 1. The summed E-state index contributed by atoms with van der Waals surface area (Å²) in [5.41, 5.74) is 2.04. The molecule has 6 rings (SSSR count). The normalized spacial score (nSPS) is 36.1. The second-order valence-electron chi connectivity index (χ2n) is 11.8. The Balaban J connectivity index is 1.25. The van der Waals surface area contributed by atoms with Crippen LogP contribution in [0.15, 0.2) is 29.4 Å². The number of aryl methyl sites for hydroxylation is 2. The molecule has 4 unspecified atom stereocenters. The van der Waals surface area contributed by atoms with E-state index in [0.717, 1.165) is 55.6 Å². The van der Waals surface area contributed by atoms with Crippen molar-refractivity contribution in [1.29, 1.82) is 0 Å². The third-order valence-corrected chi connectivity index (χ3v) is 10.7. The molecule has 1 amide bonds. The first-order chi connectivity index (χ1) is 17.3. The van der Waals surface area contributed by atoms with Gasteiger partial charge in [0.2, 0.25) is 5.91 Å². The van der Waals surface area contributed by atoms with Crippen LogP contribution in [0.4, 0.5) is 5.13 Å². The molecule has 7 heteroatoms. The van der Waals surface area contributed by atoms with Crippen molar-refractivity contribution >= 4 is 28.6 Å². The van der Waals surface area contributed by atoms with Crippen LogP contribution >= 0.6 is 11.3 Å². The molecule has 2 N–H and O–H groups in total. The van der Waals surface area contributed by atoms with Crippen LogP contribution in [0.1, 0.15) is 73.8 Å². The van der Waals surface area contributed by atoms with Crippen molar-refractivity contribution in [2.75, 3.05) is 12.4 Å². The van der Waals surface area contributed by atoms with Gasteiger partial charge in [0, 0.05) is 30.1 Å². The Hall–Kier alpha value is -2.25. The Morgan fingerprint density at radius 3 is 2.89 bits per heavy atom. The smallest absolute Gasteiger partial charge is 0.226 e. The highest BCUT2D eigenvalue weighted by atomic mass is 32.1. The monoisotopic (exact) mass is 507 g/mol. The molecule has 1 aliphatic heterocycles. The minimum Gasteiger partial charge on any atom is -0.497 e. The Kier molecular flexibility index (Phi) is 5.99. The van der Waals surface area contributed by atoms with Crippen LogP contribution in [0, 0.1) is 30.1 Å². The quantitative estimate of drug-likeness (QED) is 0.516. The number of nitrogens with zero attached hydrogens (tertiary/aromatic N) is 2. The van der Waals surface area contributed by atoms with Gasteiger partial charge < -0.3 is 15.2 Å². The summed E-state index contributed by atoms with van der Waals surface area (Å²) in [6.07, 6.45) is 10.9. The maximum atomic E-state index is 12.8. The number of carbonyl (C=O) groups is 1. The molecule has 7 atom stereocenters. The molecule has 2 saturated carbocycles. The van der Waals surface area contributed by atoms with Gasteiger partial charge in [-0.05, 0) is 97.8 Å². The highest BCUT2D eigenvalue weighted by Crippen LogP contribution is 2.68. The van der Waals surface area contributed by atoms with E-state index in [9.17, 15) is 9.90 Å². The summed E-state index contributed by atoms with van der Waals surface area (Å²) in [5.74, 6) is 2.76. The van der Waals surface area contributed by atoms with Crippen LogP contribution < -0.4 is 10.1 Å². The molecule has 0 radical (unpaired) electrons. The summed E-state index contributed by atoms with van der Waals surface area (Å²) in [4.78, 5) is 22.6. The van der Waals surface area contributed by atoms with E-state index in [1.165, 1.54) is 22.5 Å². The van der Waals surface area contributed by atoms with Gasteiger partial charge in [-0.3, -0.25) is 9.79 Å². The number of fused-ring (bicyclic) bond motifs is 5. The first kappa shape index (κ1) is 24.1. The molecule has 3 aliphatic carbocycles. The largest absolute Gasteiger partial charge is 0.497 e. The van der Waals surface area contributed by atoms with Crippen molar-refractivity contribution < 1.29 is 14.6 Å². The highest BCUT2D eigenvalue weighted by Gasteiger charge is 2.65. The summed E-state index contributed by atoms with van der Waals surface area (Å²) in [6.45, 7) is 4.34. The number of nitrogens with one attached hydrogen (secondary N) is 1. The predicted octanol–water partition coefficient (Wildman–Crippen LogP) is 5.54. The van der Waals surface area contributed by atoms with Crippen LogP contribution in [0.3, 0.4) is 0 Å². The predicted molar refractivity (Wildman–Crippen MR) is 143 cm³/mol. The molecule has 0 spiro atoms. The summed E-state index contributed by atoms with van der Waals surface area (Å²) >= 11 is 1.51. The second-order valence-corrected chi connectivity index (χ2v) is 13.0. The average Bonchev–Trinajstić information content (AvgIpc) is 3.53. The SMILES string of the molecule is COc1ccc2c(c1)CCC1C2CC[C@@]2(C)C1[C@H](CCC(=O)Nc1ncc(C)s1)C[C@@]2(O)CC1C=N1. The molecule has 192 valence electrons. The van der Waals surface area contributed by atoms with E-state index in [2.05, 4.69) is 40.4 Å². The van der Waals surface area contributed by atoms with E-state index in [0.29, 0.717) is 35.2 Å². The highest BCUT2D eigenvalue weighted by molar-refractivity contribution is 7.15. The standard InChI is InChI=1S/C29H37N3O3S/c1-17-15-31-27(36-17)32-25(33)9-5-19-13-29(34,14-20-16-30-20)28(2)11-10-23-22-8-6-21(35-3)12-18(22)4-7-24(23)26(19)28/h6,8,12,15-16,19-20,23-24,26,34H,4-5,7,9-11,13-14H2,1-3H3,(H,31,32,33)/t19-,20?,23?,24?,26?,28+,29-/m1/s1. The van der Waals surface area contributed by atoms with Crippen LogP contribution in [-0.4, -0.2) is 41.0 Å². The molecule has 6 nitrogen and oxygen atoms in total. The lowest BCUT2D eigenvalue weighted by molar-refractivity contribution is -0.116.